The second-order valence-corrected chi connectivity index (χ2v) is 4.31. The molecule has 1 heterocycles. The first-order valence-corrected chi connectivity index (χ1v) is 6.41. The molecular formula is C15H16N2O4. The van der Waals surface area contributed by atoms with Crippen LogP contribution in [0.15, 0.2) is 24.4 Å². The number of carboxylic acid groups (broad SMARTS) is 1. The van der Waals surface area contributed by atoms with Gasteiger partial charge in [-0.1, -0.05) is 6.92 Å². The van der Waals surface area contributed by atoms with Crippen molar-refractivity contribution in [3.8, 4) is 22.9 Å². The maximum Gasteiger partial charge on any atom is 0.339 e. The molecule has 0 radical (unpaired) electrons. The average Bonchev–Trinajstić information content (AvgIpc) is 2.53. The molecule has 0 atom stereocenters. The van der Waals surface area contributed by atoms with Gasteiger partial charge in [-0.3, -0.25) is 0 Å². The lowest BCUT2D eigenvalue weighted by molar-refractivity contribution is 0.0694. The van der Waals surface area contributed by atoms with Crippen LogP contribution in [0.5, 0.6) is 11.5 Å². The van der Waals surface area contributed by atoms with E-state index in [4.69, 9.17) is 14.6 Å². The molecule has 2 aromatic rings. The minimum Gasteiger partial charge on any atom is -0.497 e. The molecule has 0 bridgehead atoms. The van der Waals surface area contributed by atoms with E-state index in [9.17, 15) is 4.79 Å². The maximum atomic E-state index is 11.1. The lowest BCUT2D eigenvalue weighted by atomic mass is 10.1. The zero-order chi connectivity index (χ0) is 15.4. The number of hydrogen-bond donors (Lipinski definition) is 1. The Morgan fingerprint density at radius 2 is 1.81 bits per heavy atom. The molecule has 0 fully saturated rings. The Bertz CT molecular complexity index is 648. The lowest BCUT2D eigenvalue weighted by Gasteiger charge is -2.09. The molecule has 0 aliphatic heterocycles. The second kappa shape index (κ2) is 6.21. The highest BCUT2D eigenvalue weighted by Crippen LogP contribution is 2.28. The Morgan fingerprint density at radius 3 is 2.29 bits per heavy atom. The summed E-state index contributed by atoms with van der Waals surface area (Å²) in [7, 11) is 3.12. The molecule has 0 aliphatic carbocycles. The Labute approximate surface area is 122 Å². The Hall–Kier alpha value is -2.63. The number of rotatable bonds is 5. The van der Waals surface area contributed by atoms with Crippen molar-refractivity contribution in [1.82, 2.24) is 9.97 Å². The minimum absolute atomic E-state index is 0.121. The number of benzene rings is 1. The van der Waals surface area contributed by atoms with E-state index in [2.05, 4.69) is 9.97 Å². The predicted molar refractivity (Wildman–Crippen MR) is 76.9 cm³/mol. The van der Waals surface area contributed by atoms with Crippen molar-refractivity contribution < 1.29 is 19.4 Å². The zero-order valence-corrected chi connectivity index (χ0v) is 12.1. The van der Waals surface area contributed by atoms with E-state index in [-0.39, 0.29) is 5.56 Å². The Morgan fingerprint density at radius 1 is 1.19 bits per heavy atom. The topological polar surface area (TPSA) is 81.5 Å². The molecule has 1 aromatic carbocycles. The summed E-state index contributed by atoms with van der Waals surface area (Å²) in [5, 5.41) is 9.10. The molecule has 0 saturated carbocycles. The smallest absolute Gasteiger partial charge is 0.339 e. The molecule has 0 saturated heterocycles. The highest BCUT2D eigenvalue weighted by molar-refractivity contribution is 5.88. The SMILES string of the molecule is CCc1nc(-c2cc(OC)cc(OC)c2)ncc1C(=O)O. The number of nitrogens with zero attached hydrogens (tertiary/aromatic N) is 2. The largest absolute Gasteiger partial charge is 0.497 e. The predicted octanol–water partition coefficient (Wildman–Crippen LogP) is 2.42. The van der Waals surface area contributed by atoms with Crippen molar-refractivity contribution in [2.24, 2.45) is 0 Å². The maximum absolute atomic E-state index is 11.1. The van der Waals surface area contributed by atoms with Crippen LogP contribution in [0.1, 0.15) is 23.0 Å². The fraction of sp³-hybridized carbons (Fsp3) is 0.267. The van der Waals surface area contributed by atoms with Gasteiger partial charge in [-0.2, -0.15) is 0 Å². The number of ether oxygens (including phenoxy) is 2. The van der Waals surface area contributed by atoms with Crippen LogP contribution in [0.4, 0.5) is 0 Å². The molecular weight excluding hydrogens is 272 g/mol. The third kappa shape index (κ3) is 3.10. The van der Waals surface area contributed by atoms with Crippen molar-refractivity contribution >= 4 is 5.97 Å². The molecule has 6 heteroatoms. The fourth-order valence-electron chi connectivity index (χ4n) is 1.94. The molecule has 6 nitrogen and oxygen atoms in total. The summed E-state index contributed by atoms with van der Waals surface area (Å²) < 4.78 is 10.4. The molecule has 110 valence electrons. The molecule has 0 amide bonds. The highest BCUT2D eigenvalue weighted by Gasteiger charge is 2.14. The van der Waals surface area contributed by atoms with Gasteiger partial charge in [0.15, 0.2) is 5.82 Å². The van der Waals surface area contributed by atoms with Crippen molar-refractivity contribution in [2.45, 2.75) is 13.3 Å². The van der Waals surface area contributed by atoms with Crippen LogP contribution in [0, 0.1) is 0 Å². The zero-order valence-electron chi connectivity index (χ0n) is 12.1. The Balaban J connectivity index is 2.53. The van der Waals surface area contributed by atoms with Gasteiger partial charge in [0.05, 0.1) is 25.5 Å². The van der Waals surface area contributed by atoms with E-state index in [1.54, 1.807) is 32.4 Å². The van der Waals surface area contributed by atoms with Gasteiger partial charge in [-0.15, -0.1) is 0 Å². The average molecular weight is 288 g/mol. The number of methoxy groups -OCH3 is 2. The molecule has 1 aromatic heterocycles. The number of aryl methyl sites for hydroxylation is 1. The highest BCUT2D eigenvalue weighted by atomic mass is 16.5. The lowest BCUT2D eigenvalue weighted by Crippen LogP contribution is -2.06. The number of hydrogen-bond acceptors (Lipinski definition) is 5. The quantitative estimate of drug-likeness (QED) is 0.910. The minimum atomic E-state index is -1.03. The van der Waals surface area contributed by atoms with Crippen molar-refractivity contribution in [3.63, 3.8) is 0 Å². The second-order valence-electron chi connectivity index (χ2n) is 4.31. The molecule has 0 unspecified atom stereocenters. The van der Waals surface area contributed by atoms with Crippen molar-refractivity contribution in [1.29, 1.82) is 0 Å². The fourth-order valence-corrected chi connectivity index (χ4v) is 1.94. The molecule has 2 rings (SSSR count). The van der Waals surface area contributed by atoms with E-state index in [0.29, 0.717) is 35.0 Å². The molecule has 0 spiro atoms. The monoisotopic (exact) mass is 288 g/mol. The van der Waals surface area contributed by atoms with Crippen LogP contribution in [-0.2, 0) is 6.42 Å². The van der Waals surface area contributed by atoms with Gasteiger partial charge in [-0.05, 0) is 18.6 Å². The number of carboxylic acids is 1. The standard InChI is InChI=1S/C15H16N2O4/c1-4-13-12(15(18)19)8-16-14(17-13)9-5-10(20-2)7-11(6-9)21-3/h5-8H,4H2,1-3H3,(H,18,19). The van der Waals surface area contributed by atoms with Crippen LogP contribution in [0.3, 0.4) is 0 Å². The van der Waals surface area contributed by atoms with Gasteiger partial charge >= 0.3 is 5.97 Å². The molecule has 0 aliphatic rings. The van der Waals surface area contributed by atoms with E-state index in [0.717, 1.165) is 0 Å². The van der Waals surface area contributed by atoms with Gasteiger partial charge in [0, 0.05) is 17.8 Å². The number of carbonyl (C=O) groups is 1. The van der Waals surface area contributed by atoms with Gasteiger partial charge in [-0.25, -0.2) is 14.8 Å². The third-order valence-electron chi connectivity index (χ3n) is 3.04. The van der Waals surface area contributed by atoms with Gasteiger partial charge in [0.25, 0.3) is 0 Å². The van der Waals surface area contributed by atoms with E-state index >= 15 is 0 Å². The van der Waals surface area contributed by atoms with Crippen LogP contribution in [0.2, 0.25) is 0 Å². The van der Waals surface area contributed by atoms with E-state index < -0.39 is 5.97 Å². The summed E-state index contributed by atoms with van der Waals surface area (Å²) in [4.78, 5) is 19.6. The summed E-state index contributed by atoms with van der Waals surface area (Å²) in [6, 6.07) is 5.30. The van der Waals surface area contributed by atoms with Crippen LogP contribution in [0.25, 0.3) is 11.4 Å². The van der Waals surface area contributed by atoms with Crippen LogP contribution >= 0.6 is 0 Å². The van der Waals surface area contributed by atoms with Crippen molar-refractivity contribution in [2.75, 3.05) is 14.2 Å². The summed E-state index contributed by atoms with van der Waals surface area (Å²) in [6.45, 7) is 1.85. The van der Waals surface area contributed by atoms with Crippen molar-refractivity contribution in [3.05, 3.63) is 35.7 Å². The molecule has 21 heavy (non-hydrogen) atoms. The third-order valence-corrected chi connectivity index (χ3v) is 3.04. The van der Waals surface area contributed by atoms with E-state index in [1.807, 2.05) is 6.92 Å². The summed E-state index contributed by atoms with van der Waals surface area (Å²) in [5.41, 5.74) is 1.32. The normalized spacial score (nSPS) is 10.2. The summed E-state index contributed by atoms with van der Waals surface area (Å²) >= 11 is 0. The van der Waals surface area contributed by atoms with Gasteiger partial charge in [0.2, 0.25) is 0 Å². The first kappa shape index (κ1) is 14.8. The van der Waals surface area contributed by atoms with Crippen LogP contribution in [-0.4, -0.2) is 35.3 Å². The first-order chi connectivity index (χ1) is 10.1. The van der Waals surface area contributed by atoms with Crippen LogP contribution < -0.4 is 9.47 Å². The summed E-state index contributed by atoms with van der Waals surface area (Å²) in [5.74, 6) is 0.650. The van der Waals surface area contributed by atoms with E-state index in [1.165, 1.54) is 6.20 Å². The Kier molecular flexibility index (Phi) is 4.37. The molecule has 1 N–H and O–H groups in total. The summed E-state index contributed by atoms with van der Waals surface area (Å²) in [6.07, 6.45) is 1.84. The number of aromatic carboxylic acids is 1. The number of aromatic nitrogens is 2. The van der Waals surface area contributed by atoms with Gasteiger partial charge in [0.1, 0.15) is 11.5 Å². The van der Waals surface area contributed by atoms with Gasteiger partial charge < -0.3 is 14.6 Å². The first-order valence-electron chi connectivity index (χ1n) is 6.41.